The molecule has 5 nitrogen and oxygen atoms in total. The van der Waals surface area contributed by atoms with Gasteiger partial charge in [-0.2, -0.15) is 0 Å². The monoisotopic (exact) mass is 320 g/mol. The smallest absolute Gasteiger partial charge is 0.208 e. The van der Waals surface area contributed by atoms with Gasteiger partial charge in [-0.3, -0.25) is 0 Å². The summed E-state index contributed by atoms with van der Waals surface area (Å²) in [6.45, 7) is 1.59. The van der Waals surface area contributed by atoms with Crippen LogP contribution in [0.15, 0.2) is 54.6 Å². The number of benzene rings is 2. The molecule has 0 bridgehead atoms. The van der Waals surface area contributed by atoms with E-state index in [4.69, 9.17) is 4.74 Å². The molecule has 6 heteroatoms. The molecule has 0 saturated heterocycles. The second-order valence-electron chi connectivity index (χ2n) is 4.91. The molecular formula is C16H20N2O3S. The highest BCUT2D eigenvalue weighted by atomic mass is 32.2. The predicted molar refractivity (Wildman–Crippen MR) is 87.5 cm³/mol. The minimum Gasteiger partial charge on any atom is -0.457 e. The van der Waals surface area contributed by atoms with E-state index >= 15 is 0 Å². The molecule has 0 amide bonds. The van der Waals surface area contributed by atoms with Gasteiger partial charge in [0.05, 0.1) is 6.26 Å². The Hall–Kier alpha value is -1.89. The fourth-order valence-corrected chi connectivity index (χ4v) is 2.37. The first-order chi connectivity index (χ1) is 10.5. The number of hydrogen-bond acceptors (Lipinski definition) is 4. The van der Waals surface area contributed by atoms with Gasteiger partial charge < -0.3 is 10.1 Å². The number of rotatable bonds is 8. The molecular weight excluding hydrogens is 300 g/mol. The van der Waals surface area contributed by atoms with Crippen molar-refractivity contribution in [3.63, 3.8) is 0 Å². The molecule has 2 aromatic rings. The Morgan fingerprint density at radius 2 is 1.68 bits per heavy atom. The number of nitrogens with one attached hydrogen (secondary N) is 2. The molecule has 0 spiro atoms. The van der Waals surface area contributed by atoms with Crippen molar-refractivity contribution >= 4 is 10.0 Å². The SMILES string of the molecule is CS(=O)(=O)NCCNCc1cccc(Oc2ccccc2)c1. The van der Waals surface area contributed by atoms with E-state index in [1.807, 2.05) is 54.6 Å². The minimum absolute atomic E-state index is 0.374. The van der Waals surface area contributed by atoms with Crippen molar-refractivity contribution in [2.24, 2.45) is 0 Å². The maximum absolute atomic E-state index is 10.9. The third-order valence-corrected chi connectivity index (χ3v) is 3.60. The Morgan fingerprint density at radius 1 is 0.955 bits per heavy atom. The summed E-state index contributed by atoms with van der Waals surface area (Å²) in [5, 5.41) is 3.18. The summed E-state index contributed by atoms with van der Waals surface area (Å²) >= 11 is 0. The number of para-hydroxylation sites is 1. The van der Waals surface area contributed by atoms with E-state index in [-0.39, 0.29) is 0 Å². The first-order valence-corrected chi connectivity index (χ1v) is 8.89. The second kappa shape index (κ2) is 7.93. The van der Waals surface area contributed by atoms with Gasteiger partial charge in [0, 0.05) is 19.6 Å². The Kier molecular flexibility index (Phi) is 5.94. The van der Waals surface area contributed by atoms with Crippen molar-refractivity contribution in [2.45, 2.75) is 6.54 Å². The lowest BCUT2D eigenvalue weighted by Gasteiger charge is -2.09. The lowest BCUT2D eigenvalue weighted by atomic mass is 10.2. The summed E-state index contributed by atoms with van der Waals surface area (Å²) < 4.78 is 30.1. The van der Waals surface area contributed by atoms with Crippen LogP contribution in [0.2, 0.25) is 0 Å². The lowest BCUT2D eigenvalue weighted by molar-refractivity contribution is 0.481. The van der Waals surface area contributed by atoms with Crippen LogP contribution in [0.3, 0.4) is 0 Å². The van der Waals surface area contributed by atoms with Crippen molar-refractivity contribution in [3.8, 4) is 11.5 Å². The van der Waals surface area contributed by atoms with Crippen LogP contribution in [0.4, 0.5) is 0 Å². The van der Waals surface area contributed by atoms with Crippen LogP contribution < -0.4 is 14.8 Å². The normalized spacial score (nSPS) is 11.3. The zero-order valence-corrected chi connectivity index (χ0v) is 13.3. The van der Waals surface area contributed by atoms with E-state index < -0.39 is 10.0 Å². The molecule has 0 aliphatic heterocycles. The van der Waals surface area contributed by atoms with Crippen LogP contribution in [0.25, 0.3) is 0 Å². The summed E-state index contributed by atoms with van der Waals surface area (Å²) in [7, 11) is -3.12. The molecule has 22 heavy (non-hydrogen) atoms. The molecule has 118 valence electrons. The highest BCUT2D eigenvalue weighted by Crippen LogP contribution is 2.21. The molecule has 0 atom stereocenters. The summed E-state index contributed by atoms with van der Waals surface area (Å²) in [5.74, 6) is 1.57. The van der Waals surface area contributed by atoms with Gasteiger partial charge in [0.2, 0.25) is 10.0 Å². The van der Waals surface area contributed by atoms with Crippen LogP contribution in [0, 0.1) is 0 Å². The average Bonchev–Trinajstić information content (AvgIpc) is 2.47. The summed E-state index contributed by atoms with van der Waals surface area (Å²) in [6.07, 6.45) is 1.15. The number of sulfonamides is 1. The first kappa shape index (κ1) is 16.5. The first-order valence-electron chi connectivity index (χ1n) is 7.00. The standard InChI is InChI=1S/C16H20N2O3S/c1-22(19,20)18-11-10-17-13-14-6-5-9-16(12-14)21-15-7-3-2-4-8-15/h2-9,12,17-18H,10-11,13H2,1H3. The topological polar surface area (TPSA) is 67.4 Å². The predicted octanol–water partition coefficient (Wildman–Crippen LogP) is 2.12. The van der Waals surface area contributed by atoms with Crippen LogP contribution in [-0.2, 0) is 16.6 Å². The minimum atomic E-state index is -3.12. The van der Waals surface area contributed by atoms with Crippen molar-refractivity contribution in [1.82, 2.24) is 10.0 Å². The zero-order valence-electron chi connectivity index (χ0n) is 12.5. The van der Waals surface area contributed by atoms with Crippen LogP contribution in [0.5, 0.6) is 11.5 Å². The number of ether oxygens (including phenoxy) is 1. The summed E-state index contributed by atoms with van der Waals surface area (Å²) in [5.41, 5.74) is 1.08. The molecule has 0 fully saturated rings. The average molecular weight is 320 g/mol. The van der Waals surface area contributed by atoms with Crippen LogP contribution in [0.1, 0.15) is 5.56 Å². The molecule has 0 aromatic heterocycles. The van der Waals surface area contributed by atoms with Crippen LogP contribution >= 0.6 is 0 Å². The largest absolute Gasteiger partial charge is 0.457 e. The van der Waals surface area contributed by atoms with Crippen LogP contribution in [-0.4, -0.2) is 27.8 Å². The zero-order chi connectivity index (χ0) is 15.8. The van der Waals surface area contributed by atoms with Crippen molar-refractivity contribution in [1.29, 1.82) is 0 Å². The molecule has 2 N–H and O–H groups in total. The van der Waals surface area contributed by atoms with Gasteiger partial charge >= 0.3 is 0 Å². The van der Waals surface area contributed by atoms with Gasteiger partial charge in [-0.25, -0.2) is 13.1 Å². The van der Waals surface area contributed by atoms with E-state index in [1.54, 1.807) is 0 Å². The maximum atomic E-state index is 10.9. The number of hydrogen-bond donors (Lipinski definition) is 2. The van der Waals surface area contributed by atoms with Gasteiger partial charge in [0.1, 0.15) is 11.5 Å². The van der Waals surface area contributed by atoms with Gasteiger partial charge in [-0.05, 0) is 29.8 Å². The quantitative estimate of drug-likeness (QED) is 0.731. The Balaban J connectivity index is 1.81. The van der Waals surface area contributed by atoms with E-state index in [2.05, 4.69) is 10.0 Å². The van der Waals surface area contributed by atoms with E-state index in [0.717, 1.165) is 23.3 Å². The highest BCUT2D eigenvalue weighted by Gasteiger charge is 2.00. The molecule has 0 aliphatic rings. The summed E-state index contributed by atoms with van der Waals surface area (Å²) in [6, 6.07) is 17.4. The second-order valence-corrected chi connectivity index (χ2v) is 6.74. The Bertz CT molecular complexity index is 688. The fourth-order valence-electron chi connectivity index (χ4n) is 1.90. The van der Waals surface area contributed by atoms with Crippen molar-refractivity contribution in [2.75, 3.05) is 19.3 Å². The van der Waals surface area contributed by atoms with Crippen molar-refractivity contribution < 1.29 is 13.2 Å². The van der Waals surface area contributed by atoms with Gasteiger partial charge in [-0.15, -0.1) is 0 Å². The molecule has 0 aliphatic carbocycles. The molecule has 0 unspecified atom stereocenters. The molecule has 0 saturated carbocycles. The van der Waals surface area contributed by atoms with E-state index in [9.17, 15) is 8.42 Å². The van der Waals surface area contributed by atoms with Gasteiger partial charge in [0.25, 0.3) is 0 Å². The maximum Gasteiger partial charge on any atom is 0.208 e. The van der Waals surface area contributed by atoms with Crippen molar-refractivity contribution in [3.05, 3.63) is 60.2 Å². The fraction of sp³-hybridized carbons (Fsp3) is 0.250. The Labute approximate surface area is 131 Å². The van der Waals surface area contributed by atoms with E-state index in [0.29, 0.717) is 19.6 Å². The Morgan fingerprint density at radius 3 is 2.41 bits per heavy atom. The third kappa shape index (κ3) is 6.26. The molecule has 0 heterocycles. The molecule has 0 radical (unpaired) electrons. The summed E-state index contributed by atoms with van der Waals surface area (Å²) in [4.78, 5) is 0. The third-order valence-electron chi connectivity index (χ3n) is 2.87. The molecule has 2 aromatic carbocycles. The van der Waals surface area contributed by atoms with Gasteiger partial charge in [0.15, 0.2) is 0 Å². The lowest BCUT2D eigenvalue weighted by Crippen LogP contribution is -2.30. The molecule has 2 rings (SSSR count). The van der Waals surface area contributed by atoms with E-state index in [1.165, 1.54) is 0 Å². The van der Waals surface area contributed by atoms with Gasteiger partial charge in [-0.1, -0.05) is 30.3 Å². The highest BCUT2D eigenvalue weighted by molar-refractivity contribution is 7.88.